The maximum absolute atomic E-state index is 12.9. The maximum atomic E-state index is 12.9. The number of ether oxygens (including phenoxy) is 6. The molecule has 1 atom stereocenters. The highest BCUT2D eigenvalue weighted by molar-refractivity contribution is 7.89. The molecule has 1 aliphatic heterocycles. The van der Waals surface area contributed by atoms with Gasteiger partial charge in [0, 0.05) is 68.3 Å². The molecule has 0 aliphatic carbocycles. The first kappa shape index (κ1) is 50.5. The van der Waals surface area contributed by atoms with E-state index in [9.17, 15) is 18.0 Å². The lowest BCUT2D eigenvalue weighted by Crippen LogP contribution is -2.39. The summed E-state index contributed by atoms with van der Waals surface area (Å²) < 4.78 is 60.9. The van der Waals surface area contributed by atoms with Gasteiger partial charge in [-0.15, -0.1) is 0 Å². The Kier molecular flexibility index (Phi) is 25.9. The van der Waals surface area contributed by atoms with E-state index in [1.807, 2.05) is 32.3 Å². The van der Waals surface area contributed by atoms with E-state index >= 15 is 0 Å². The number of amides is 4. The van der Waals surface area contributed by atoms with Crippen LogP contribution in [-0.2, 0) is 45.0 Å². The third kappa shape index (κ3) is 21.5. The number of carbonyl (C=O) groups excluding carboxylic acids is 2. The number of fused-ring (bicyclic) bond motifs is 1. The Hall–Kier alpha value is -2.85. The number of benzene rings is 2. The molecular weight excluding hydrogens is 829 g/mol. The first-order valence-corrected chi connectivity index (χ1v) is 22.2. The number of halogens is 2. The molecule has 0 saturated carbocycles. The van der Waals surface area contributed by atoms with E-state index in [-0.39, 0.29) is 36.0 Å². The molecule has 0 unspecified atom stereocenters. The lowest BCUT2D eigenvalue weighted by atomic mass is 9.85. The second-order valence-electron chi connectivity index (χ2n) is 13.5. The predicted molar refractivity (Wildman–Crippen MR) is 227 cm³/mol. The summed E-state index contributed by atoms with van der Waals surface area (Å²) in [7, 11) is 0.188. The van der Waals surface area contributed by atoms with Gasteiger partial charge < -0.3 is 59.9 Å². The third-order valence-corrected chi connectivity index (χ3v) is 10.9. The number of likely N-dealkylation sites (N-methyl/N-ethyl adjacent to an activating group) is 2. The monoisotopic (exact) mass is 891 g/mol. The van der Waals surface area contributed by atoms with Gasteiger partial charge in [-0.1, -0.05) is 35.3 Å². The minimum Gasteiger partial charge on any atom is -0.378 e. The highest BCUT2D eigenvalue weighted by atomic mass is 35.5. The number of hydrogen-bond acceptors (Lipinski definition) is 12. The van der Waals surface area contributed by atoms with Crippen LogP contribution in [-0.4, -0.2) is 165 Å². The van der Waals surface area contributed by atoms with Crippen LogP contribution in [0.2, 0.25) is 10.0 Å². The quantitative estimate of drug-likeness (QED) is 0.0589. The molecular formula is C39H63Cl2N7O10S. The van der Waals surface area contributed by atoms with Crippen molar-refractivity contribution in [2.24, 2.45) is 0 Å². The highest BCUT2D eigenvalue weighted by Crippen LogP contribution is 2.38. The minimum atomic E-state index is -3.71. The minimum absolute atomic E-state index is 0.0163. The Morgan fingerprint density at radius 1 is 0.661 bits per heavy atom. The molecule has 20 heteroatoms. The number of sulfonamides is 1. The largest absolute Gasteiger partial charge is 0.378 e. The normalized spacial score (nSPS) is 14.2. The van der Waals surface area contributed by atoms with E-state index in [4.69, 9.17) is 51.6 Å². The van der Waals surface area contributed by atoms with Crippen LogP contribution < -0.4 is 31.3 Å². The molecule has 0 bridgehead atoms. The molecule has 3 rings (SSSR count). The van der Waals surface area contributed by atoms with E-state index in [0.29, 0.717) is 122 Å². The van der Waals surface area contributed by atoms with Gasteiger partial charge in [0.1, 0.15) is 0 Å². The van der Waals surface area contributed by atoms with Crippen molar-refractivity contribution in [3.63, 3.8) is 0 Å². The Morgan fingerprint density at radius 3 is 1.63 bits per heavy atom. The number of nitrogens with zero attached hydrogens (tertiary/aromatic N) is 1. The van der Waals surface area contributed by atoms with Crippen LogP contribution in [0, 0.1) is 0 Å². The highest BCUT2D eigenvalue weighted by Gasteiger charge is 2.27. The van der Waals surface area contributed by atoms with Crippen molar-refractivity contribution in [3.05, 3.63) is 63.1 Å². The number of rotatable bonds is 32. The van der Waals surface area contributed by atoms with Crippen LogP contribution in [0.5, 0.6) is 0 Å². The van der Waals surface area contributed by atoms with Gasteiger partial charge in [0.25, 0.3) is 0 Å². The van der Waals surface area contributed by atoms with E-state index in [1.54, 1.807) is 18.2 Å². The SMILES string of the molecule is CNCCOCCOCCOCCNC(=O)NCCCCNC(=O)NCCOCCOCCOCCNS(=O)(=O)c1ccc([C@@H]2CN(C)Cc3c(Cl)cc(Cl)cc32)cc1. The fourth-order valence-corrected chi connectivity index (χ4v) is 7.43. The molecule has 2 aromatic rings. The molecule has 59 heavy (non-hydrogen) atoms. The Balaban J connectivity index is 1.08. The van der Waals surface area contributed by atoms with Crippen LogP contribution in [0.1, 0.15) is 35.4 Å². The van der Waals surface area contributed by atoms with Gasteiger partial charge in [-0.2, -0.15) is 0 Å². The Morgan fingerprint density at radius 2 is 1.12 bits per heavy atom. The summed E-state index contributed by atoms with van der Waals surface area (Å²) in [6, 6.07) is 10.0. The van der Waals surface area contributed by atoms with Gasteiger partial charge in [-0.05, 0) is 67.9 Å². The lowest BCUT2D eigenvalue weighted by molar-refractivity contribution is 0.0162. The molecule has 0 aromatic heterocycles. The van der Waals surface area contributed by atoms with Gasteiger partial charge in [0.15, 0.2) is 0 Å². The lowest BCUT2D eigenvalue weighted by Gasteiger charge is -2.33. The summed E-state index contributed by atoms with van der Waals surface area (Å²) >= 11 is 12.8. The zero-order chi connectivity index (χ0) is 42.6. The van der Waals surface area contributed by atoms with Gasteiger partial charge in [0.2, 0.25) is 10.0 Å². The number of nitrogens with one attached hydrogen (secondary N) is 6. The number of urea groups is 2. The fourth-order valence-electron chi connectivity index (χ4n) is 5.85. The molecule has 6 N–H and O–H groups in total. The molecule has 1 aliphatic rings. The Labute approximate surface area is 359 Å². The van der Waals surface area contributed by atoms with Gasteiger partial charge >= 0.3 is 12.1 Å². The van der Waals surface area contributed by atoms with Crippen molar-refractivity contribution in [3.8, 4) is 0 Å². The van der Waals surface area contributed by atoms with Crippen molar-refractivity contribution in [1.82, 2.24) is 36.2 Å². The summed E-state index contributed by atoms with van der Waals surface area (Å²) in [5.74, 6) is 0.0163. The molecule has 17 nitrogen and oxygen atoms in total. The van der Waals surface area contributed by atoms with Crippen molar-refractivity contribution in [1.29, 1.82) is 0 Å². The number of carbonyl (C=O) groups is 2. The third-order valence-electron chi connectivity index (χ3n) is 8.85. The van der Waals surface area contributed by atoms with Crippen molar-refractivity contribution < 1.29 is 46.4 Å². The van der Waals surface area contributed by atoms with Crippen LogP contribution in [0.3, 0.4) is 0 Å². The smallest absolute Gasteiger partial charge is 0.314 e. The topological polar surface area (TPSA) is 199 Å². The fraction of sp³-hybridized carbons (Fsp3) is 0.641. The van der Waals surface area contributed by atoms with E-state index in [0.717, 1.165) is 36.3 Å². The Bertz CT molecular complexity index is 1600. The zero-order valence-electron chi connectivity index (χ0n) is 34.3. The van der Waals surface area contributed by atoms with E-state index in [2.05, 4.69) is 36.2 Å². The number of unbranched alkanes of at least 4 members (excludes halogenated alkanes) is 1. The van der Waals surface area contributed by atoms with Crippen LogP contribution in [0.15, 0.2) is 41.3 Å². The van der Waals surface area contributed by atoms with Crippen LogP contribution in [0.4, 0.5) is 9.59 Å². The van der Waals surface area contributed by atoms with Crippen molar-refractivity contribution in [2.45, 2.75) is 30.2 Å². The molecule has 4 amide bonds. The number of hydrogen-bond donors (Lipinski definition) is 6. The van der Waals surface area contributed by atoms with Crippen LogP contribution in [0.25, 0.3) is 0 Å². The van der Waals surface area contributed by atoms with Crippen LogP contribution >= 0.6 is 23.2 Å². The summed E-state index contributed by atoms with van der Waals surface area (Å²) in [5.41, 5.74) is 3.08. The molecule has 0 saturated heterocycles. The second-order valence-corrected chi connectivity index (χ2v) is 16.1. The standard InChI is InChI=1S/C39H63Cl2N7O10S/c1-42-11-15-53-19-23-57-24-20-54-16-12-45-38(49)43-9-3-4-10-44-39(50)46-13-17-55-21-25-58-26-22-56-18-14-47-59(51,52)33-7-5-31(6-8-33)35-29-48(2)30-36-34(35)27-32(40)28-37(36)41/h5-8,27-28,35,42,47H,3-4,9-26,29-30H2,1-2H3,(H2,43,45,49)(H2,44,46,50)/t35-/m0/s1. The molecule has 0 radical (unpaired) electrons. The first-order chi connectivity index (χ1) is 28.6. The average molecular weight is 893 g/mol. The van der Waals surface area contributed by atoms with Gasteiger partial charge in [-0.25, -0.2) is 22.7 Å². The summed E-state index contributed by atoms with van der Waals surface area (Å²) in [5, 5.41) is 15.2. The summed E-state index contributed by atoms with van der Waals surface area (Å²) in [6.45, 7) is 9.00. The molecule has 0 fully saturated rings. The first-order valence-electron chi connectivity index (χ1n) is 20.0. The second kappa shape index (κ2) is 30.2. The van der Waals surface area contributed by atoms with E-state index < -0.39 is 10.0 Å². The molecule has 2 aromatic carbocycles. The van der Waals surface area contributed by atoms with Crippen molar-refractivity contribution >= 4 is 45.3 Å². The maximum Gasteiger partial charge on any atom is 0.314 e. The average Bonchev–Trinajstić information content (AvgIpc) is 3.21. The predicted octanol–water partition coefficient (Wildman–Crippen LogP) is 2.55. The summed E-state index contributed by atoms with van der Waals surface area (Å²) in [6.07, 6.45) is 1.42. The summed E-state index contributed by atoms with van der Waals surface area (Å²) in [4.78, 5) is 26.2. The molecule has 334 valence electrons. The van der Waals surface area contributed by atoms with E-state index in [1.165, 1.54) is 0 Å². The van der Waals surface area contributed by atoms with Gasteiger partial charge in [-0.3, -0.25) is 0 Å². The molecule has 1 heterocycles. The molecule has 0 spiro atoms. The van der Waals surface area contributed by atoms with Gasteiger partial charge in [0.05, 0.1) is 84.2 Å². The van der Waals surface area contributed by atoms with Crippen molar-refractivity contribution in [2.75, 3.05) is 139 Å². The zero-order valence-corrected chi connectivity index (χ0v) is 36.6.